The van der Waals surface area contributed by atoms with Crippen molar-refractivity contribution in [2.45, 2.75) is 13.3 Å². The number of hydrogen-bond acceptors (Lipinski definition) is 3. The number of rotatable bonds is 4. The van der Waals surface area contributed by atoms with Crippen LogP contribution < -0.4 is 11.1 Å². The molecule has 2 rings (SSSR count). The van der Waals surface area contributed by atoms with Gasteiger partial charge in [-0.05, 0) is 42.7 Å². The van der Waals surface area contributed by atoms with E-state index < -0.39 is 0 Å². The van der Waals surface area contributed by atoms with E-state index in [2.05, 4.69) is 10.3 Å². The maximum Gasteiger partial charge on any atom is 0.254 e. The van der Waals surface area contributed by atoms with Gasteiger partial charge in [0.25, 0.3) is 5.91 Å². The SMILES string of the molecule is Cc1cc(F)ccc1CCNC(=O)c1cnccc1N. The van der Waals surface area contributed by atoms with Crippen LogP contribution in [-0.4, -0.2) is 17.4 Å². The lowest BCUT2D eigenvalue weighted by molar-refractivity contribution is 0.0954. The minimum absolute atomic E-state index is 0.251. The van der Waals surface area contributed by atoms with E-state index in [4.69, 9.17) is 5.73 Å². The van der Waals surface area contributed by atoms with Crippen molar-refractivity contribution in [1.82, 2.24) is 10.3 Å². The van der Waals surface area contributed by atoms with Gasteiger partial charge in [-0.2, -0.15) is 0 Å². The summed E-state index contributed by atoms with van der Waals surface area (Å²) in [5.41, 5.74) is 8.35. The summed E-state index contributed by atoms with van der Waals surface area (Å²) in [6.45, 7) is 2.30. The van der Waals surface area contributed by atoms with Crippen LogP contribution in [0.25, 0.3) is 0 Å². The molecule has 0 radical (unpaired) electrons. The van der Waals surface area contributed by atoms with Crippen LogP contribution in [0.15, 0.2) is 36.7 Å². The Morgan fingerprint density at radius 2 is 2.20 bits per heavy atom. The molecule has 0 fully saturated rings. The summed E-state index contributed by atoms with van der Waals surface area (Å²) in [5.74, 6) is -0.506. The second-order valence-corrected chi connectivity index (χ2v) is 4.54. The van der Waals surface area contributed by atoms with E-state index in [0.29, 0.717) is 24.2 Å². The molecule has 0 atom stereocenters. The molecule has 0 saturated heterocycles. The first-order valence-corrected chi connectivity index (χ1v) is 6.30. The summed E-state index contributed by atoms with van der Waals surface area (Å²) in [4.78, 5) is 15.8. The molecule has 0 bridgehead atoms. The largest absolute Gasteiger partial charge is 0.398 e. The number of benzene rings is 1. The molecular weight excluding hydrogens is 257 g/mol. The van der Waals surface area contributed by atoms with Crippen LogP contribution in [0.4, 0.5) is 10.1 Å². The predicted octanol–water partition coefficient (Wildman–Crippen LogP) is 2.08. The number of amides is 1. The Kier molecular flexibility index (Phi) is 4.30. The van der Waals surface area contributed by atoms with Gasteiger partial charge < -0.3 is 11.1 Å². The molecule has 3 N–H and O–H groups in total. The summed E-state index contributed by atoms with van der Waals surface area (Å²) in [7, 11) is 0. The molecule has 4 nitrogen and oxygen atoms in total. The van der Waals surface area contributed by atoms with Crippen molar-refractivity contribution in [2.24, 2.45) is 0 Å². The van der Waals surface area contributed by atoms with Crippen molar-refractivity contribution in [2.75, 3.05) is 12.3 Å². The van der Waals surface area contributed by atoms with Gasteiger partial charge in [-0.3, -0.25) is 9.78 Å². The third-order valence-corrected chi connectivity index (χ3v) is 3.08. The van der Waals surface area contributed by atoms with Gasteiger partial charge in [0, 0.05) is 24.6 Å². The molecule has 1 aromatic heterocycles. The number of nitrogens with one attached hydrogen (secondary N) is 1. The third kappa shape index (κ3) is 3.32. The van der Waals surface area contributed by atoms with Crippen LogP contribution in [0.3, 0.4) is 0 Å². The Labute approximate surface area is 116 Å². The summed E-state index contributed by atoms with van der Waals surface area (Å²) in [6, 6.07) is 6.22. The smallest absolute Gasteiger partial charge is 0.254 e. The van der Waals surface area contributed by atoms with E-state index in [0.717, 1.165) is 11.1 Å². The zero-order valence-corrected chi connectivity index (χ0v) is 11.2. The van der Waals surface area contributed by atoms with Crippen molar-refractivity contribution in [3.05, 3.63) is 59.2 Å². The summed E-state index contributed by atoms with van der Waals surface area (Å²) in [6.07, 6.45) is 3.61. The second kappa shape index (κ2) is 6.14. The van der Waals surface area contributed by atoms with E-state index in [-0.39, 0.29) is 11.7 Å². The first kappa shape index (κ1) is 14.0. The van der Waals surface area contributed by atoms with Crippen LogP contribution in [0, 0.1) is 12.7 Å². The fourth-order valence-electron chi connectivity index (χ4n) is 1.94. The number of nitrogen functional groups attached to an aromatic ring is 1. The number of aryl methyl sites for hydroxylation is 1. The Balaban J connectivity index is 1.93. The maximum absolute atomic E-state index is 13.0. The van der Waals surface area contributed by atoms with Gasteiger partial charge in [0.15, 0.2) is 0 Å². The second-order valence-electron chi connectivity index (χ2n) is 4.54. The highest BCUT2D eigenvalue weighted by Gasteiger charge is 2.09. The molecule has 1 heterocycles. The minimum Gasteiger partial charge on any atom is -0.398 e. The first-order valence-electron chi connectivity index (χ1n) is 6.30. The Morgan fingerprint density at radius 3 is 2.90 bits per heavy atom. The number of nitrogens with zero attached hydrogens (tertiary/aromatic N) is 1. The fourth-order valence-corrected chi connectivity index (χ4v) is 1.94. The molecule has 20 heavy (non-hydrogen) atoms. The van der Waals surface area contributed by atoms with Crippen molar-refractivity contribution in [3.8, 4) is 0 Å². The quantitative estimate of drug-likeness (QED) is 0.896. The molecule has 0 aliphatic heterocycles. The lowest BCUT2D eigenvalue weighted by Crippen LogP contribution is -2.26. The average Bonchev–Trinajstić information content (AvgIpc) is 2.41. The summed E-state index contributed by atoms with van der Waals surface area (Å²) in [5, 5.41) is 2.78. The zero-order valence-electron chi connectivity index (χ0n) is 11.2. The highest BCUT2D eigenvalue weighted by atomic mass is 19.1. The van der Waals surface area contributed by atoms with E-state index in [9.17, 15) is 9.18 Å². The normalized spacial score (nSPS) is 10.3. The average molecular weight is 273 g/mol. The Hall–Kier alpha value is -2.43. The van der Waals surface area contributed by atoms with Gasteiger partial charge in [0.05, 0.1) is 5.56 Å². The maximum atomic E-state index is 13.0. The van der Waals surface area contributed by atoms with Crippen molar-refractivity contribution < 1.29 is 9.18 Å². The monoisotopic (exact) mass is 273 g/mol. The van der Waals surface area contributed by atoms with Crippen LogP contribution >= 0.6 is 0 Å². The molecule has 104 valence electrons. The number of nitrogens with two attached hydrogens (primary N) is 1. The van der Waals surface area contributed by atoms with Crippen LogP contribution in [0.2, 0.25) is 0 Å². The van der Waals surface area contributed by atoms with Gasteiger partial charge >= 0.3 is 0 Å². The number of pyridine rings is 1. The fraction of sp³-hybridized carbons (Fsp3) is 0.200. The van der Waals surface area contributed by atoms with Crippen LogP contribution in [-0.2, 0) is 6.42 Å². The number of aromatic nitrogens is 1. The number of carbonyl (C=O) groups excluding carboxylic acids is 1. The standard InChI is InChI=1S/C15H16FN3O/c1-10-8-12(16)3-2-11(10)4-7-19-15(20)13-9-18-6-5-14(13)17/h2-3,5-6,8-9H,4,7H2,1H3,(H2,17,18)(H,19,20). The van der Waals surface area contributed by atoms with Gasteiger partial charge in [-0.15, -0.1) is 0 Å². The number of halogens is 1. The number of carbonyl (C=O) groups is 1. The van der Waals surface area contributed by atoms with Gasteiger partial charge in [0.1, 0.15) is 5.82 Å². The van der Waals surface area contributed by atoms with Gasteiger partial charge in [-0.1, -0.05) is 6.07 Å². The zero-order chi connectivity index (χ0) is 14.5. The molecule has 0 aliphatic carbocycles. The van der Waals surface area contributed by atoms with Crippen molar-refractivity contribution in [1.29, 1.82) is 0 Å². The lowest BCUT2D eigenvalue weighted by atomic mass is 10.1. The van der Waals surface area contributed by atoms with Crippen molar-refractivity contribution in [3.63, 3.8) is 0 Å². The summed E-state index contributed by atoms with van der Waals surface area (Å²) < 4.78 is 13.0. The van der Waals surface area contributed by atoms with Gasteiger partial charge in [-0.25, -0.2) is 4.39 Å². The third-order valence-electron chi connectivity index (χ3n) is 3.08. The van der Waals surface area contributed by atoms with E-state index in [1.807, 2.05) is 6.92 Å². The minimum atomic E-state index is -0.254. The van der Waals surface area contributed by atoms with Crippen molar-refractivity contribution >= 4 is 11.6 Å². The molecular formula is C15H16FN3O. The molecule has 2 aromatic rings. The molecule has 5 heteroatoms. The predicted molar refractivity (Wildman–Crippen MR) is 75.8 cm³/mol. The van der Waals surface area contributed by atoms with E-state index >= 15 is 0 Å². The topological polar surface area (TPSA) is 68.0 Å². The first-order chi connectivity index (χ1) is 9.58. The molecule has 0 unspecified atom stereocenters. The molecule has 0 saturated carbocycles. The van der Waals surface area contributed by atoms with Crippen LogP contribution in [0.1, 0.15) is 21.5 Å². The summed E-state index contributed by atoms with van der Waals surface area (Å²) >= 11 is 0. The molecule has 1 aromatic carbocycles. The molecule has 1 amide bonds. The highest BCUT2D eigenvalue weighted by Crippen LogP contribution is 2.11. The Morgan fingerprint density at radius 1 is 1.40 bits per heavy atom. The van der Waals surface area contributed by atoms with Crippen LogP contribution in [0.5, 0.6) is 0 Å². The van der Waals surface area contributed by atoms with Gasteiger partial charge in [0.2, 0.25) is 0 Å². The molecule has 0 spiro atoms. The number of anilines is 1. The number of hydrogen-bond donors (Lipinski definition) is 2. The molecule has 0 aliphatic rings. The lowest BCUT2D eigenvalue weighted by Gasteiger charge is -2.08. The van der Waals surface area contributed by atoms with E-state index in [1.165, 1.54) is 24.5 Å². The Bertz CT molecular complexity index is 628. The highest BCUT2D eigenvalue weighted by molar-refractivity contribution is 5.98. The van der Waals surface area contributed by atoms with E-state index in [1.54, 1.807) is 12.1 Å².